The van der Waals surface area contributed by atoms with Crippen molar-refractivity contribution in [3.05, 3.63) is 12.7 Å². The first kappa shape index (κ1) is 11.7. The van der Waals surface area contributed by atoms with Crippen LogP contribution in [-0.2, 0) is 4.74 Å². The first-order valence-electron chi connectivity index (χ1n) is 5.70. The van der Waals surface area contributed by atoms with Crippen LogP contribution in [0.2, 0.25) is 0 Å². The summed E-state index contributed by atoms with van der Waals surface area (Å²) >= 11 is 0. The molecule has 1 N–H and O–H groups in total. The topological polar surface area (TPSA) is 21.3 Å². The largest absolute Gasteiger partial charge is 0.376 e. The molecule has 0 spiro atoms. The fourth-order valence-electron chi connectivity index (χ4n) is 2.40. The van der Waals surface area contributed by atoms with Gasteiger partial charge in [-0.2, -0.15) is 0 Å². The number of nitrogens with one attached hydrogen (secondary N) is 1. The maximum absolute atomic E-state index is 5.72. The van der Waals surface area contributed by atoms with Gasteiger partial charge in [0, 0.05) is 7.11 Å². The Hall–Kier alpha value is -0.340. The molecular weight excluding hydrogens is 174 g/mol. The van der Waals surface area contributed by atoms with E-state index in [2.05, 4.69) is 18.8 Å². The highest BCUT2D eigenvalue weighted by atomic mass is 16.5. The van der Waals surface area contributed by atoms with Crippen molar-refractivity contribution in [1.82, 2.24) is 5.32 Å². The zero-order valence-corrected chi connectivity index (χ0v) is 9.51. The smallest absolute Gasteiger partial charge is 0.0866 e. The Kier molecular flexibility index (Phi) is 4.63. The molecule has 0 aromatic heterocycles. The molecule has 0 aliphatic heterocycles. The van der Waals surface area contributed by atoms with E-state index in [-0.39, 0.29) is 5.60 Å². The molecule has 1 fully saturated rings. The van der Waals surface area contributed by atoms with Crippen LogP contribution in [0.4, 0.5) is 0 Å². The second kappa shape index (κ2) is 5.52. The van der Waals surface area contributed by atoms with E-state index in [1.165, 1.54) is 12.8 Å². The number of ether oxygens (including phenoxy) is 1. The van der Waals surface area contributed by atoms with Crippen LogP contribution >= 0.6 is 0 Å². The Balaban J connectivity index is 2.58. The number of rotatable bonds is 6. The van der Waals surface area contributed by atoms with Crippen molar-refractivity contribution in [2.24, 2.45) is 0 Å². The molecule has 14 heavy (non-hydrogen) atoms. The summed E-state index contributed by atoms with van der Waals surface area (Å²) in [5.74, 6) is 0. The fourth-order valence-corrected chi connectivity index (χ4v) is 2.40. The zero-order valence-electron chi connectivity index (χ0n) is 9.51. The molecule has 82 valence electrons. The summed E-state index contributed by atoms with van der Waals surface area (Å²) in [5, 5.41) is 3.51. The number of methoxy groups -OCH3 is 1. The van der Waals surface area contributed by atoms with Gasteiger partial charge in [-0.1, -0.05) is 25.8 Å². The molecule has 0 aromatic carbocycles. The van der Waals surface area contributed by atoms with E-state index in [9.17, 15) is 0 Å². The standard InChI is InChI=1S/C12H23NO/c1-4-10-13-11(5-2)12(14-3)8-6-7-9-12/h5,11,13H,2,4,6-10H2,1,3H3. The molecule has 0 aromatic rings. The summed E-state index contributed by atoms with van der Waals surface area (Å²) in [6.45, 7) is 7.13. The van der Waals surface area contributed by atoms with E-state index in [1.54, 1.807) is 0 Å². The summed E-state index contributed by atoms with van der Waals surface area (Å²) in [4.78, 5) is 0. The van der Waals surface area contributed by atoms with Gasteiger partial charge in [-0.15, -0.1) is 6.58 Å². The molecule has 1 atom stereocenters. The third kappa shape index (κ3) is 2.37. The molecule has 1 unspecified atom stereocenters. The summed E-state index contributed by atoms with van der Waals surface area (Å²) < 4.78 is 5.72. The fraction of sp³-hybridized carbons (Fsp3) is 0.833. The van der Waals surface area contributed by atoms with E-state index < -0.39 is 0 Å². The Morgan fingerprint density at radius 3 is 2.57 bits per heavy atom. The summed E-state index contributed by atoms with van der Waals surface area (Å²) in [6, 6.07) is 0.315. The molecule has 2 heteroatoms. The average molecular weight is 197 g/mol. The van der Waals surface area contributed by atoms with Crippen LogP contribution in [0.1, 0.15) is 39.0 Å². The Bertz CT molecular complexity index is 173. The monoisotopic (exact) mass is 197 g/mol. The molecule has 1 aliphatic carbocycles. The van der Waals surface area contributed by atoms with Gasteiger partial charge in [0.2, 0.25) is 0 Å². The van der Waals surface area contributed by atoms with Crippen molar-refractivity contribution in [2.45, 2.75) is 50.7 Å². The predicted molar refractivity (Wildman–Crippen MR) is 60.5 cm³/mol. The molecule has 0 bridgehead atoms. The van der Waals surface area contributed by atoms with Gasteiger partial charge >= 0.3 is 0 Å². The lowest BCUT2D eigenvalue weighted by Gasteiger charge is -2.35. The highest BCUT2D eigenvalue weighted by Crippen LogP contribution is 2.35. The van der Waals surface area contributed by atoms with Crippen LogP contribution < -0.4 is 5.32 Å². The van der Waals surface area contributed by atoms with Crippen molar-refractivity contribution < 1.29 is 4.74 Å². The van der Waals surface area contributed by atoms with Crippen LogP contribution in [0.5, 0.6) is 0 Å². The Morgan fingerprint density at radius 1 is 1.50 bits per heavy atom. The molecule has 1 saturated carbocycles. The third-order valence-electron chi connectivity index (χ3n) is 3.27. The SMILES string of the molecule is C=CC(NCCC)C1(OC)CCCC1. The molecule has 0 radical (unpaired) electrons. The molecule has 0 saturated heterocycles. The molecule has 0 heterocycles. The van der Waals surface area contributed by atoms with Gasteiger partial charge in [0.25, 0.3) is 0 Å². The predicted octanol–water partition coefficient (Wildman–Crippen LogP) is 2.50. The van der Waals surface area contributed by atoms with Crippen molar-refractivity contribution in [1.29, 1.82) is 0 Å². The van der Waals surface area contributed by atoms with Gasteiger partial charge in [-0.25, -0.2) is 0 Å². The van der Waals surface area contributed by atoms with Gasteiger partial charge in [0.15, 0.2) is 0 Å². The minimum atomic E-state index is 0.0247. The van der Waals surface area contributed by atoms with Crippen molar-refractivity contribution >= 4 is 0 Å². The van der Waals surface area contributed by atoms with Crippen molar-refractivity contribution in [3.63, 3.8) is 0 Å². The lowest BCUT2D eigenvalue weighted by molar-refractivity contribution is -0.0229. The summed E-state index contributed by atoms with van der Waals surface area (Å²) in [7, 11) is 1.83. The second-order valence-corrected chi connectivity index (χ2v) is 4.14. The molecule has 1 rings (SSSR count). The summed E-state index contributed by atoms with van der Waals surface area (Å²) in [6.07, 6.45) is 8.06. The van der Waals surface area contributed by atoms with Crippen molar-refractivity contribution in [3.8, 4) is 0 Å². The lowest BCUT2D eigenvalue weighted by atomic mass is 9.92. The van der Waals surface area contributed by atoms with E-state index in [0.29, 0.717) is 6.04 Å². The number of hydrogen-bond donors (Lipinski definition) is 1. The normalized spacial score (nSPS) is 22.1. The second-order valence-electron chi connectivity index (χ2n) is 4.14. The highest BCUT2D eigenvalue weighted by Gasteiger charge is 2.39. The maximum atomic E-state index is 5.72. The van der Waals surface area contributed by atoms with Gasteiger partial charge in [0.05, 0.1) is 11.6 Å². The zero-order chi connectivity index (χ0) is 10.4. The van der Waals surface area contributed by atoms with E-state index >= 15 is 0 Å². The van der Waals surface area contributed by atoms with Crippen molar-refractivity contribution in [2.75, 3.05) is 13.7 Å². The van der Waals surface area contributed by atoms with Gasteiger partial charge in [-0.05, 0) is 25.8 Å². The lowest BCUT2D eigenvalue weighted by Crippen LogP contribution is -2.49. The van der Waals surface area contributed by atoms with E-state index in [1.807, 2.05) is 13.2 Å². The van der Waals surface area contributed by atoms with Crippen LogP contribution in [-0.4, -0.2) is 25.3 Å². The first-order chi connectivity index (χ1) is 6.79. The van der Waals surface area contributed by atoms with Gasteiger partial charge < -0.3 is 10.1 Å². The van der Waals surface area contributed by atoms with Gasteiger partial charge in [-0.3, -0.25) is 0 Å². The molecular formula is C12H23NO. The van der Waals surface area contributed by atoms with Crippen LogP contribution in [0.25, 0.3) is 0 Å². The number of hydrogen-bond acceptors (Lipinski definition) is 2. The first-order valence-corrected chi connectivity index (χ1v) is 5.70. The quantitative estimate of drug-likeness (QED) is 0.661. The maximum Gasteiger partial charge on any atom is 0.0866 e. The average Bonchev–Trinajstić information content (AvgIpc) is 2.69. The van der Waals surface area contributed by atoms with E-state index in [0.717, 1.165) is 25.8 Å². The van der Waals surface area contributed by atoms with Crippen LogP contribution in [0.15, 0.2) is 12.7 Å². The Morgan fingerprint density at radius 2 is 2.14 bits per heavy atom. The minimum Gasteiger partial charge on any atom is -0.376 e. The van der Waals surface area contributed by atoms with Crippen LogP contribution in [0.3, 0.4) is 0 Å². The third-order valence-corrected chi connectivity index (χ3v) is 3.27. The minimum absolute atomic E-state index is 0.0247. The molecule has 0 amide bonds. The highest BCUT2D eigenvalue weighted by molar-refractivity contribution is 5.04. The molecule has 2 nitrogen and oxygen atoms in total. The van der Waals surface area contributed by atoms with Crippen LogP contribution in [0, 0.1) is 0 Å². The summed E-state index contributed by atoms with van der Waals surface area (Å²) in [5.41, 5.74) is 0.0247. The van der Waals surface area contributed by atoms with E-state index in [4.69, 9.17) is 4.74 Å². The van der Waals surface area contributed by atoms with Gasteiger partial charge in [0.1, 0.15) is 0 Å². The Labute approximate surface area is 87.7 Å². The molecule has 1 aliphatic rings.